The maximum Gasteiger partial charge on any atom is 0.455 e. The summed E-state index contributed by atoms with van der Waals surface area (Å²) in [6.07, 6.45) is -5.77. The molecule has 18 heavy (non-hydrogen) atoms. The first kappa shape index (κ1) is 17.4. The van der Waals surface area contributed by atoms with Crippen LogP contribution in [0.3, 0.4) is 0 Å². The van der Waals surface area contributed by atoms with Crippen LogP contribution in [-0.4, -0.2) is 17.2 Å². The molecule has 104 valence electrons. The van der Waals surface area contributed by atoms with E-state index >= 15 is 0 Å². The van der Waals surface area contributed by atoms with E-state index in [1.807, 2.05) is 0 Å². The molecule has 0 aromatic heterocycles. The van der Waals surface area contributed by atoms with Gasteiger partial charge in [-0.1, -0.05) is 22.0 Å². The molecular weight excluding hydrogens is 348 g/mol. The molecule has 0 amide bonds. The molecule has 1 rings (SSSR count). The van der Waals surface area contributed by atoms with Gasteiger partial charge in [-0.15, -0.1) is 12.4 Å². The van der Waals surface area contributed by atoms with Crippen molar-refractivity contribution in [3.05, 3.63) is 28.2 Å². The van der Waals surface area contributed by atoms with Crippen LogP contribution < -0.4 is 5.73 Å². The summed E-state index contributed by atoms with van der Waals surface area (Å²) in [6, 6.07) is 0.447. The number of aromatic hydroxyl groups is 1. The molecule has 0 fully saturated rings. The quantitative estimate of drug-likeness (QED) is 0.792. The number of nitrogens with two attached hydrogens (primary N) is 1. The number of benzene rings is 1. The van der Waals surface area contributed by atoms with Crippen LogP contribution in [0.15, 0.2) is 22.7 Å². The maximum absolute atomic E-state index is 12.9. The van der Waals surface area contributed by atoms with Gasteiger partial charge >= 0.3 is 12.1 Å². The van der Waals surface area contributed by atoms with Crippen molar-refractivity contribution in [2.75, 3.05) is 0 Å². The van der Waals surface area contributed by atoms with Gasteiger partial charge in [0.15, 0.2) is 0 Å². The summed E-state index contributed by atoms with van der Waals surface area (Å²) in [5.41, 5.74) is 4.19. The number of rotatable bonds is 2. The zero-order valence-corrected chi connectivity index (χ0v) is 10.9. The van der Waals surface area contributed by atoms with Crippen LogP contribution in [0.4, 0.5) is 22.0 Å². The van der Waals surface area contributed by atoms with Crippen LogP contribution in [0, 0.1) is 0 Å². The van der Waals surface area contributed by atoms with Crippen molar-refractivity contribution in [1.82, 2.24) is 0 Å². The number of hydrogen-bond donors (Lipinski definition) is 2. The SMILES string of the molecule is Cl.N[C@@H](c1ccc(Br)cc1O)C(F)(F)C(F)(F)F. The van der Waals surface area contributed by atoms with Crippen LogP contribution in [0.25, 0.3) is 0 Å². The average Bonchev–Trinajstić information content (AvgIpc) is 2.14. The lowest BCUT2D eigenvalue weighted by molar-refractivity contribution is -0.291. The molecule has 0 saturated carbocycles. The Kier molecular flexibility index (Phi) is 5.39. The minimum atomic E-state index is -5.77. The zero-order valence-electron chi connectivity index (χ0n) is 8.51. The Labute approximate surface area is 114 Å². The molecule has 0 aliphatic carbocycles. The summed E-state index contributed by atoms with van der Waals surface area (Å²) in [5.74, 6) is -5.84. The van der Waals surface area contributed by atoms with Crippen molar-refractivity contribution in [2.24, 2.45) is 5.73 Å². The van der Waals surface area contributed by atoms with Gasteiger partial charge in [0.2, 0.25) is 0 Å². The Hall–Kier alpha value is -0.600. The molecule has 3 N–H and O–H groups in total. The van der Waals surface area contributed by atoms with Crippen molar-refractivity contribution in [3.8, 4) is 5.75 Å². The van der Waals surface area contributed by atoms with Crippen LogP contribution in [0.1, 0.15) is 11.6 Å². The molecule has 0 spiro atoms. The van der Waals surface area contributed by atoms with Crippen molar-refractivity contribution < 1.29 is 27.1 Å². The van der Waals surface area contributed by atoms with Crippen molar-refractivity contribution in [2.45, 2.75) is 18.1 Å². The van der Waals surface area contributed by atoms with E-state index in [1.165, 1.54) is 6.07 Å². The van der Waals surface area contributed by atoms with Crippen molar-refractivity contribution in [3.63, 3.8) is 0 Å². The molecule has 0 radical (unpaired) electrons. The monoisotopic (exact) mass is 355 g/mol. The van der Waals surface area contributed by atoms with Gasteiger partial charge in [0.1, 0.15) is 11.8 Å². The van der Waals surface area contributed by atoms with Gasteiger partial charge in [-0.3, -0.25) is 0 Å². The predicted molar refractivity (Wildman–Crippen MR) is 61.0 cm³/mol. The third-order valence-electron chi connectivity index (χ3n) is 2.10. The van der Waals surface area contributed by atoms with Gasteiger partial charge in [-0.2, -0.15) is 22.0 Å². The first-order valence-electron chi connectivity index (χ1n) is 4.26. The number of hydrogen-bond acceptors (Lipinski definition) is 2. The highest BCUT2D eigenvalue weighted by atomic mass is 79.9. The third kappa shape index (κ3) is 3.24. The molecule has 2 nitrogen and oxygen atoms in total. The summed E-state index contributed by atoms with van der Waals surface area (Å²) in [6.45, 7) is 0. The van der Waals surface area contributed by atoms with Gasteiger partial charge in [0, 0.05) is 10.0 Å². The van der Waals surface area contributed by atoms with E-state index < -0.39 is 29.5 Å². The molecule has 1 aromatic carbocycles. The molecule has 1 atom stereocenters. The molecule has 0 saturated heterocycles. The number of halogens is 7. The van der Waals surface area contributed by atoms with Gasteiger partial charge in [-0.05, 0) is 12.1 Å². The van der Waals surface area contributed by atoms with Gasteiger partial charge in [-0.25, -0.2) is 0 Å². The molecule has 9 heteroatoms. The fourth-order valence-electron chi connectivity index (χ4n) is 1.15. The summed E-state index contributed by atoms with van der Waals surface area (Å²) in [7, 11) is 0. The smallest absolute Gasteiger partial charge is 0.455 e. The summed E-state index contributed by atoms with van der Waals surface area (Å²) in [4.78, 5) is 0. The van der Waals surface area contributed by atoms with E-state index in [0.717, 1.165) is 12.1 Å². The van der Waals surface area contributed by atoms with E-state index in [2.05, 4.69) is 15.9 Å². The Morgan fingerprint density at radius 1 is 1.17 bits per heavy atom. The van der Waals surface area contributed by atoms with E-state index in [1.54, 1.807) is 0 Å². The molecular formula is C9H8BrClF5NO. The lowest BCUT2D eigenvalue weighted by Crippen LogP contribution is -2.45. The predicted octanol–water partition coefficient (Wildman–Crippen LogP) is 3.77. The lowest BCUT2D eigenvalue weighted by Gasteiger charge is -2.26. The second-order valence-corrected chi connectivity index (χ2v) is 4.22. The van der Waals surface area contributed by atoms with Crippen molar-refractivity contribution in [1.29, 1.82) is 0 Å². The van der Waals surface area contributed by atoms with E-state index in [4.69, 9.17) is 5.73 Å². The summed E-state index contributed by atoms with van der Waals surface area (Å²) in [5, 5.41) is 9.28. The number of alkyl halides is 5. The standard InChI is InChI=1S/C9H7BrF5NO.ClH/c10-4-1-2-5(6(17)3-4)7(16)8(11,12)9(13,14)15;/h1-3,7,17H,16H2;1H/t7-;/m0./s1. The van der Waals surface area contributed by atoms with Crippen LogP contribution in [-0.2, 0) is 0 Å². The number of phenolic OH excluding ortho intramolecular Hbond substituents is 1. The first-order chi connectivity index (χ1) is 7.57. The van der Waals surface area contributed by atoms with E-state index in [9.17, 15) is 27.1 Å². The topological polar surface area (TPSA) is 46.2 Å². The molecule has 0 aliphatic heterocycles. The molecule has 0 heterocycles. The molecule has 0 aliphatic rings. The van der Waals surface area contributed by atoms with Crippen LogP contribution in [0.2, 0.25) is 0 Å². The highest BCUT2D eigenvalue weighted by molar-refractivity contribution is 9.10. The Balaban J connectivity index is 0.00000289. The summed E-state index contributed by atoms with van der Waals surface area (Å²) < 4.78 is 62.3. The highest BCUT2D eigenvalue weighted by Gasteiger charge is 2.62. The van der Waals surface area contributed by atoms with E-state index in [0.29, 0.717) is 4.47 Å². The average molecular weight is 357 g/mol. The van der Waals surface area contributed by atoms with E-state index in [-0.39, 0.29) is 12.4 Å². The molecule has 1 aromatic rings. The Bertz CT molecular complexity index is 426. The first-order valence-corrected chi connectivity index (χ1v) is 5.05. The lowest BCUT2D eigenvalue weighted by atomic mass is 10.00. The maximum atomic E-state index is 12.9. The van der Waals surface area contributed by atoms with Crippen molar-refractivity contribution >= 4 is 28.3 Å². The largest absolute Gasteiger partial charge is 0.508 e. The summed E-state index contributed by atoms with van der Waals surface area (Å²) >= 11 is 2.92. The third-order valence-corrected chi connectivity index (χ3v) is 2.59. The van der Waals surface area contributed by atoms with Gasteiger partial charge in [0.25, 0.3) is 0 Å². The zero-order chi connectivity index (χ0) is 13.4. The fraction of sp³-hybridized carbons (Fsp3) is 0.333. The normalized spacial score (nSPS) is 13.9. The fourth-order valence-corrected chi connectivity index (χ4v) is 1.50. The second kappa shape index (κ2) is 5.58. The van der Waals surface area contributed by atoms with Crippen LogP contribution in [0.5, 0.6) is 5.75 Å². The van der Waals surface area contributed by atoms with Gasteiger partial charge in [0.05, 0.1) is 0 Å². The molecule has 0 bridgehead atoms. The number of phenols is 1. The molecule has 0 unspecified atom stereocenters. The van der Waals surface area contributed by atoms with Gasteiger partial charge < -0.3 is 10.8 Å². The minimum absolute atomic E-state index is 0. The highest BCUT2D eigenvalue weighted by Crippen LogP contribution is 2.45. The minimum Gasteiger partial charge on any atom is -0.508 e. The Morgan fingerprint density at radius 3 is 2.06 bits per heavy atom. The second-order valence-electron chi connectivity index (χ2n) is 3.30. The van der Waals surface area contributed by atoms with Crippen LogP contribution >= 0.6 is 28.3 Å². The Morgan fingerprint density at radius 2 is 1.67 bits per heavy atom.